The highest BCUT2D eigenvalue weighted by Gasteiger charge is 2.10. The first kappa shape index (κ1) is 19.3. The van der Waals surface area contributed by atoms with Crippen molar-refractivity contribution in [2.45, 2.75) is 33.2 Å². The molecule has 1 aromatic carbocycles. The van der Waals surface area contributed by atoms with Crippen molar-refractivity contribution < 1.29 is 9.21 Å². The molecule has 26 heavy (non-hydrogen) atoms. The van der Waals surface area contributed by atoms with Gasteiger partial charge in [0.2, 0.25) is 0 Å². The zero-order valence-corrected chi connectivity index (χ0v) is 15.4. The third kappa shape index (κ3) is 5.52. The lowest BCUT2D eigenvalue weighted by Gasteiger charge is -2.23. The second-order valence-corrected chi connectivity index (χ2v) is 6.01. The molecule has 1 N–H and O–H groups in total. The summed E-state index contributed by atoms with van der Waals surface area (Å²) in [5, 5.41) is 12.0. The van der Waals surface area contributed by atoms with Gasteiger partial charge in [-0.2, -0.15) is 5.26 Å². The smallest absolute Gasteiger partial charge is 0.262 e. The molecule has 1 aromatic heterocycles. The van der Waals surface area contributed by atoms with Crippen LogP contribution in [0.15, 0.2) is 52.7 Å². The highest BCUT2D eigenvalue weighted by Crippen LogP contribution is 2.18. The molecule has 0 aliphatic carbocycles. The predicted molar refractivity (Wildman–Crippen MR) is 103 cm³/mol. The van der Waals surface area contributed by atoms with Gasteiger partial charge >= 0.3 is 0 Å². The molecule has 0 aliphatic rings. The molecule has 0 unspecified atom stereocenters. The lowest BCUT2D eigenvalue weighted by Crippen LogP contribution is -2.24. The van der Waals surface area contributed by atoms with Gasteiger partial charge in [0, 0.05) is 18.8 Å². The largest absolute Gasteiger partial charge is 0.467 e. The van der Waals surface area contributed by atoms with E-state index in [1.807, 2.05) is 30.3 Å². The van der Waals surface area contributed by atoms with Gasteiger partial charge in [-0.25, -0.2) is 0 Å². The zero-order valence-electron chi connectivity index (χ0n) is 15.4. The monoisotopic (exact) mass is 351 g/mol. The topological polar surface area (TPSA) is 69.3 Å². The molecule has 2 rings (SSSR count). The van der Waals surface area contributed by atoms with Crippen LogP contribution in [0.25, 0.3) is 6.08 Å². The van der Waals surface area contributed by atoms with E-state index in [2.05, 4.69) is 24.1 Å². The molecule has 0 aliphatic heterocycles. The van der Waals surface area contributed by atoms with E-state index in [1.165, 1.54) is 0 Å². The van der Waals surface area contributed by atoms with E-state index in [-0.39, 0.29) is 12.1 Å². The normalized spacial score (nSPS) is 11.0. The summed E-state index contributed by atoms with van der Waals surface area (Å²) in [6.07, 6.45) is 5.34. The van der Waals surface area contributed by atoms with Gasteiger partial charge in [-0.1, -0.05) is 26.0 Å². The van der Waals surface area contributed by atoms with Crippen molar-refractivity contribution in [2.24, 2.45) is 0 Å². The number of hydrogen-bond acceptors (Lipinski definition) is 4. The summed E-state index contributed by atoms with van der Waals surface area (Å²) in [7, 11) is 0. The van der Waals surface area contributed by atoms with E-state index in [4.69, 9.17) is 4.42 Å². The SMILES string of the molecule is CCCN(CCC)c1ccc(/C=C(\C#N)C(=O)NCc2ccco2)cc1. The number of rotatable bonds is 9. The third-order valence-corrected chi connectivity index (χ3v) is 3.92. The van der Waals surface area contributed by atoms with Gasteiger partial charge < -0.3 is 14.6 Å². The first-order valence-electron chi connectivity index (χ1n) is 8.95. The van der Waals surface area contributed by atoms with Crippen LogP contribution in [-0.4, -0.2) is 19.0 Å². The van der Waals surface area contributed by atoms with E-state index < -0.39 is 5.91 Å². The van der Waals surface area contributed by atoms with Crippen molar-refractivity contribution >= 4 is 17.7 Å². The number of nitrogens with one attached hydrogen (secondary N) is 1. The highest BCUT2D eigenvalue weighted by molar-refractivity contribution is 6.01. The minimum Gasteiger partial charge on any atom is -0.467 e. The average Bonchev–Trinajstić information content (AvgIpc) is 3.18. The van der Waals surface area contributed by atoms with Crippen LogP contribution < -0.4 is 10.2 Å². The maximum atomic E-state index is 12.2. The molecule has 2 aromatic rings. The number of hydrogen-bond donors (Lipinski definition) is 1. The van der Waals surface area contributed by atoms with Crippen LogP contribution in [0, 0.1) is 11.3 Å². The van der Waals surface area contributed by atoms with Crippen molar-refractivity contribution in [2.75, 3.05) is 18.0 Å². The molecule has 0 bridgehead atoms. The van der Waals surface area contributed by atoms with Crippen LogP contribution in [-0.2, 0) is 11.3 Å². The molecule has 0 radical (unpaired) electrons. The lowest BCUT2D eigenvalue weighted by molar-refractivity contribution is -0.117. The van der Waals surface area contributed by atoms with E-state index in [0.717, 1.165) is 37.2 Å². The Labute approximate surface area is 154 Å². The van der Waals surface area contributed by atoms with Gasteiger partial charge in [-0.05, 0) is 48.7 Å². The van der Waals surface area contributed by atoms with Gasteiger partial charge in [0.05, 0.1) is 12.8 Å². The first-order chi connectivity index (χ1) is 12.7. The number of anilines is 1. The fourth-order valence-electron chi connectivity index (χ4n) is 2.68. The van der Waals surface area contributed by atoms with Crippen LogP contribution in [0.1, 0.15) is 38.0 Å². The number of furan rings is 1. The molecule has 5 nitrogen and oxygen atoms in total. The van der Waals surface area contributed by atoms with Gasteiger partial charge in [0.25, 0.3) is 5.91 Å². The predicted octanol–water partition coefficient (Wildman–Crippen LogP) is 4.13. The van der Waals surface area contributed by atoms with Gasteiger partial charge in [0.1, 0.15) is 17.4 Å². The molecule has 0 saturated carbocycles. The van der Waals surface area contributed by atoms with Crippen molar-refractivity contribution in [3.63, 3.8) is 0 Å². The maximum absolute atomic E-state index is 12.2. The highest BCUT2D eigenvalue weighted by atomic mass is 16.3. The minimum absolute atomic E-state index is 0.0725. The number of nitrogens with zero attached hydrogens (tertiary/aromatic N) is 2. The average molecular weight is 351 g/mol. The Morgan fingerprint density at radius 1 is 1.19 bits per heavy atom. The summed E-state index contributed by atoms with van der Waals surface area (Å²) < 4.78 is 5.17. The Hall–Kier alpha value is -3.00. The van der Waals surface area contributed by atoms with Crippen molar-refractivity contribution in [3.05, 3.63) is 59.6 Å². The van der Waals surface area contributed by atoms with Crippen molar-refractivity contribution in [1.29, 1.82) is 5.26 Å². The van der Waals surface area contributed by atoms with E-state index >= 15 is 0 Å². The second-order valence-electron chi connectivity index (χ2n) is 6.01. The van der Waals surface area contributed by atoms with E-state index in [0.29, 0.717) is 5.76 Å². The summed E-state index contributed by atoms with van der Waals surface area (Å²) >= 11 is 0. The second kappa shape index (κ2) is 10.1. The summed E-state index contributed by atoms with van der Waals surface area (Å²) in [6.45, 7) is 6.62. The van der Waals surface area contributed by atoms with Gasteiger partial charge in [-0.15, -0.1) is 0 Å². The molecule has 136 valence electrons. The Morgan fingerprint density at radius 2 is 1.88 bits per heavy atom. The fraction of sp³-hybridized carbons (Fsp3) is 0.333. The molecule has 1 heterocycles. The lowest BCUT2D eigenvalue weighted by atomic mass is 10.1. The Bertz CT molecular complexity index is 750. The van der Waals surface area contributed by atoms with Crippen molar-refractivity contribution in [3.8, 4) is 6.07 Å². The number of carbonyl (C=O) groups is 1. The molecule has 1 amide bonds. The number of benzene rings is 1. The maximum Gasteiger partial charge on any atom is 0.262 e. The molecular weight excluding hydrogens is 326 g/mol. The van der Waals surface area contributed by atoms with Gasteiger partial charge in [-0.3, -0.25) is 4.79 Å². The first-order valence-corrected chi connectivity index (χ1v) is 8.95. The van der Waals surface area contributed by atoms with Crippen molar-refractivity contribution in [1.82, 2.24) is 5.32 Å². The molecular formula is C21H25N3O2. The summed E-state index contributed by atoms with van der Waals surface area (Å²) in [4.78, 5) is 14.5. The summed E-state index contributed by atoms with van der Waals surface area (Å²) in [5.74, 6) is 0.235. The molecule has 0 atom stereocenters. The zero-order chi connectivity index (χ0) is 18.8. The van der Waals surface area contributed by atoms with E-state index in [1.54, 1.807) is 24.5 Å². The summed E-state index contributed by atoms with van der Waals surface area (Å²) in [5.41, 5.74) is 2.06. The van der Waals surface area contributed by atoms with Gasteiger partial charge in [0.15, 0.2) is 0 Å². The van der Waals surface area contributed by atoms with Crippen LogP contribution >= 0.6 is 0 Å². The van der Waals surface area contributed by atoms with Crippen LogP contribution in [0.3, 0.4) is 0 Å². The quantitative estimate of drug-likeness (QED) is 0.545. The Balaban J connectivity index is 2.05. The number of amides is 1. The fourth-order valence-corrected chi connectivity index (χ4v) is 2.68. The standard InChI is InChI=1S/C21H25N3O2/c1-3-11-24(12-4-2)19-9-7-17(8-10-19)14-18(15-22)21(25)23-16-20-6-5-13-26-20/h5-10,13-14H,3-4,11-12,16H2,1-2H3,(H,23,25)/b18-14+. The molecule has 5 heteroatoms. The number of carbonyl (C=O) groups excluding carboxylic acids is 1. The van der Waals surface area contributed by atoms with Crippen LogP contribution in [0.4, 0.5) is 5.69 Å². The van der Waals surface area contributed by atoms with Crippen LogP contribution in [0.5, 0.6) is 0 Å². The Morgan fingerprint density at radius 3 is 2.42 bits per heavy atom. The molecule has 0 fully saturated rings. The Kier molecular flexibility index (Phi) is 7.50. The minimum atomic E-state index is -0.411. The van der Waals surface area contributed by atoms with Crippen LogP contribution in [0.2, 0.25) is 0 Å². The summed E-state index contributed by atoms with van der Waals surface area (Å²) in [6, 6.07) is 13.4. The van der Waals surface area contributed by atoms with E-state index in [9.17, 15) is 10.1 Å². The third-order valence-electron chi connectivity index (χ3n) is 3.92. The number of nitriles is 1. The molecule has 0 saturated heterocycles. The molecule has 0 spiro atoms.